The highest BCUT2D eigenvalue weighted by molar-refractivity contribution is 7.89. The van der Waals surface area contributed by atoms with E-state index in [0.717, 1.165) is 16.3 Å². The van der Waals surface area contributed by atoms with Crippen LogP contribution in [0.2, 0.25) is 0 Å². The summed E-state index contributed by atoms with van der Waals surface area (Å²) in [5.41, 5.74) is 1.90. The minimum Gasteiger partial charge on any atom is -0.493 e. The normalized spacial score (nSPS) is 11.9. The topological polar surface area (TPSA) is 122 Å². The summed E-state index contributed by atoms with van der Waals surface area (Å²) in [7, 11) is -3.89. The van der Waals surface area contributed by atoms with E-state index >= 15 is 0 Å². The molecule has 0 aliphatic carbocycles. The lowest BCUT2D eigenvalue weighted by Gasteiger charge is -2.08. The Balaban J connectivity index is 1.46. The van der Waals surface area contributed by atoms with Crippen molar-refractivity contribution < 1.29 is 17.9 Å². The first-order valence-electron chi connectivity index (χ1n) is 11.0. The lowest BCUT2D eigenvalue weighted by molar-refractivity contribution is 0.429. The number of aromatic nitrogens is 1. The number of hydrogen-bond donors (Lipinski definition) is 3. The zero-order valence-electron chi connectivity index (χ0n) is 19.2. The summed E-state index contributed by atoms with van der Waals surface area (Å²) in [5.74, 6) is -0.691. The van der Waals surface area contributed by atoms with Crippen LogP contribution in [0.25, 0.3) is 21.7 Å². The monoisotopic (exact) mass is 533 g/mol. The maximum Gasteiger partial charge on any atom is 0.238 e. The van der Waals surface area contributed by atoms with Crippen LogP contribution >= 0.6 is 12.2 Å². The summed E-state index contributed by atoms with van der Waals surface area (Å²) >= 11 is 5.21. The molecule has 0 fully saturated rings. The van der Waals surface area contributed by atoms with Gasteiger partial charge in [-0.25, -0.2) is 17.9 Å². The number of halogens is 1. The summed E-state index contributed by atoms with van der Waals surface area (Å²) in [6, 6.07) is 23.8. The highest BCUT2D eigenvalue weighted by Crippen LogP contribution is 2.40. The molecule has 1 aromatic heterocycles. The van der Waals surface area contributed by atoms with Crippen LogP contribution in [0.3, 0.4) is 0 Å². The van der Waals surface area contributed by atoms with Gasteiger partial charge in [0.15, 0.2) is 5.69 Å². The lowest BCUT2D eigenvalue weighted by Crippen LogP contribution is -2.13. The second-order valence-electron chi connectivity index (χ2n) is 8.30. The Morgan fingerprint density at radius 2 is 1.78 bits per heavy atom. The van der Waals surface area contributed by atoms with Crippen molar-refractivity contribution in [1.82, 2.24) is 4.57 Å². The molecule has 0 saturated heterocycles. The molecule has 0 spiro atoms. The fourth-order valence-corrected chi connectivity index (χ4v) is 4.79. The second kappa shape index (κ2) is 9.69. The number of thiocarbonyl (C=S) groups is 1. The molecular weight excluding hydrogens is 513 g/mol. The van der Waals surface area contributed by atoms with Gasteiger partial charge in [-0.3, -0.25) is 0 Å². The van der Waals surface area contributed by atoms with Crippen LogP contribution in [0.15, 0.2) is 100 Å². The Bertz CT molecular complexity index is 1820. The smallest absolute Gasteiger partial charge is 0.238 e. The van der Waals surface area contributed by atoms with Gasteiger partial charge >= 0.3 is 0 Å². The molecule has 4 aromatic carbocycles. The highest BCUT2D eigenvalue weighted by atomic mass is 32.2. The molecule has 0 unspecified atom stereocenters. The third-order valence-electron chi connectivity index (χ3n) is 5.78. The summed E-state index contributed by atoms with van der Waals surface area (Å²) < 4.78 is 38.9. The van der Waals surface area contributed by atoms with Crippen LogP contribution in [0.5, 0.6) is 5.88 Å². The third kappa shape index (κ3) is 5.19. The number of nitrogens with zero attached hydrogens (tertiary/aromatic N) is 3. The minimum absolute atomic E-state index is 0.0534. The van der Waals surface area contributed by atoms with Crippen LogP contribution in [0, 0.1) is 5.82 Å². The predicted octanol–water partition coefficient (Wildman–Crippen LogP) is 5.82. The van der Waals surface area contributed by atoms with Crippen molar-refractivity contribution in [2.24, 2.45) is 15.4 Å². The molecular formula is C26H20FN5O3S2. The molecule has 4 N–H and O–H groups in total. The number of benzene rings is 4. The number of primary sulfonamides is 1. The zero-order valence-corrected chi connectivity index (χ0v) is 20.8. The van der Waals surface area contributed by atoms with Crippen molar-refractivity contribution in [3.05, 3.63) is 96.3 Å². The van der Waals surface area contributed by atoms with Gasteiger partial charge in [-0.05, 0) is 71.0 Å². The lowest BCUT2D eigenvalue weighted by atomic mass is 10.1. The molecule has 0 saturated carbocycles. The van der Waals surface area contributed by atoms with Gasteiger partial charge in [0, 0.05) is 11.1 Å². The molecule has 0 bridgehead atoms. The number of azo groups is 1. The molecule has 1 heterocycles. The molecule has 186 valence electrons. The van der Waals surface area contributed by atoms with Crippen LogP contribution in [0.1, 0.15) is 5.56 Å². The number of hydrogen-bond acceptors (Lipinski definition) is 5. The van der Waals surface area contributed by atoms with Crippen molar-refractivity contribution in [2.45, 2.75) is 11.4 Å². The Hall–Kier alpha value is -4.19. The average Bonchev–Trinajstić information content (AvgIpc) is 3.12. The van der Waals surface area contributed by atoms with E-state index in [1.165, 1.54) is 30.3 Å². The van der Waals surface area contributed by atoms with Gasteiger partial charge < -0.3 is 15.0 Å². The van der Waals surface area contributed by atoms with E-state index in [2.05, 4.69) is 15.5 Å². The molecule has 0 atom stereocenters. The summed E-state index contributed by atoms with van der Waals surface area (Å²) in [6.45, 7) is 0.317. The first-order valence-corrected chi connectivity index (χ1v) is 13.0. The van der Waals surface area contributed by atoms with Gasteiger partial charge in [0.1, 0.15) is 5.82 Å². The molecule has 5 rings (SSSR count). The Morgan fingerprint density at radius 3 is 2.57 bits per heavy atom. The summed E-state index contributed by atoms with van der Waals surface area (Å²) in [5, 5.41) is 29.4. The third-order valence-corrected chi connectivity index (χ3v) is 6.88. The van der Waals surface area contributed by atoms with E-state index < -0.39 is 15.8 Å². The van der Waals surface area contributed by atoms with Crippen LogP contribution < -0.4 is 10.5 Å². The van der Waals surface area contributed by atoms with Gasteiger partial charge in [0.25, 0.3) is 0 Å². The SMILES string of the molecule is NS(=O)(=O)c1cccc(NC(=S)N=Nc2c(O)n(Cc3ccc4ccccc4c3)c3ccc(F)cc23)c1. The van der Waals surface area contributed by atoms with E-state index in [9.17, 15) is 17.9 Å². The van der Waals surface area contributed by atoms with Crippen molar-refractivity contribution in [3.63, 3.8) is 0 Å². The molecule has 11 heteroatoms. The van der Waals surface area contributed by atoms with Crippen molar-refractivity contribution >= 4 is 60.4 Å². The van der Waals surface area contributed by atoms with Gasteiger partial charge in [0.2, 0.25) is 21.0 Å². The maximum absolute atomic E-state index is 14.1. The van der Waals surface area contributed by atoms with Crippen molar-refractivity contribution in [2.75, 3.05) is 5.32 Å². The van der Waals surface area contributed by atoms with Crippen molar-refractivity contribution in [3.8, 4) is 5.88 Å². The quantitative estimate of drug-likeness (QED) is 0.194. The molecule has 0 aliphatic heterocycles. The van der Waals surface area contributed by atoms with Gasteiger partial charge in [-0.1, -0.05) is 42.5 Å². The fraction of sp³-hybridized carbons (Fsp3) is 0.0385. The van der Waals surface area contributed by atoms with E-state index in [4.69, 9.17) is 17.4 Å². The van der Waals surface area contributed by atoms with Crippen LogP contribution in [-0.2, 0) is 16.6 Å². The first-order chi connectivity index (χ1) is 17.7. The predicted molar refractivity (Wildman–Crippen MR) is 145 cm³/mol. The number of nitrogens with one attached hydrogen (secondary N) is 1. The second-order valence-corrected chi connectivity index (χ2v) is 10.3. The van der Waals surface area contributed by atoms with Gasteiger partial charge in [-0.2, -0.15) is 0 Å². The minimum atomic E-state index is -3.89. The number of aromatic hydroxyl groups is 1. The first kappa shape index (κ1) is 24.5. The average molecular weight is 534 g/mol. The van der Waals surface area contributed by atoms with E-state index in [0.29, 0.717) is 23.1 Å². The van der Waals surface area contributed by atoms with Gasteiger partial charge in [0.05, 0.1) is 17.0 Å². The molecule has 8 nitrogen and oxygen atoms in total. The van der Waals surface area contributed by atoms with Crippen LogP contribution in [0.4, 0.5) is 15.8 Å². The molecule has 37 heavy (non-hydrogen) atoms. The van der Waals surface area contributed by atoms with Gasteiger partial charge in [-0.15, -0.1) is 10.2 Å². The number of fused-ring (bicyclic) bond motifs is 2. The number of sulfonamides is 1. The molecule has 5 aromatic rings. The molecule has 0 radical (unpaired) electrons. The molecule has 0 amide bonds. The number of anilines is 1. The van der Waals surface area contributed by atoms with E-state index in [1.807, 2.05) is 42.5 Å². The van der Waals surface area contributed by atoms with E-state index in [-0.39, 0.29) is 21.6 Å². The van der Waals surface area contributed by atoms with Crippen molar-refractivity contribution in [1.29, 1.82) is 0 Å². The largest absolute Gasteiger partial charge is 0.493 e. The highest BCUT2D eigenvalue weighted by Gasteiger charge is 2.18. The summed E-state index contributed by atoms with van der Waals surface area (Å²) in [4.78, 5) is -0.0953. The van der Waals surface area contributed by atoms with Crippen LogP contribution in [-0.4, -0.2) is 23.2 Å². The fourth-order valence-electron chi connectivity index (χ4n) is 4.07. The maximum atomic E-state index is 14.1. The number of rotatable bonds is 5. The standard InChI is InChI=1S/C26H20FN5O3S2/c27-19-10-11-23-22(13-19)24(30-31-26(36)29-20-6-3-7-21(14-20)37(28,34)35)25(33)32(23)15-16-8-9-17-4-1-2-5-18(17)12-16/h1-14,33H,15H2,(H,29,36)(H2,28,34,35). The Kier molecular flexibility index (Phi) is 6.42. The number of nitrogens with two attached hydrogens (primary N) is 1. The zero-order chi connectivity index (χ0) is 26.2. The van der Waals surface area contributed by atoms with E-state index in [1.54, 1.807) is 16.7 Å². The summed E-state index contributed by atoms with van der Waals surface area (Å²) in [6.07, 6.45) is 0. The Morgan fingerprint density at radius 1 is 1.00 bits per heavy atom. The Labute approximate surface area is 216 Å². The molecule has 0 aliphatic rings.